The van der Waals surface area contributed by atoms with Gasteiger partial charge in [0.05, 0.1) is 11.6 Å². The number of halogens is 1. The van der Waals surface area contributed by atoms with Crippen LogP contribution in [0.5, 0.6) is 0 Å². The Morgan fingerprint density at radius 2 is 2.16 bits per heavy atom. The van der Waals surface area contributed by atoms with Crippen LogP contribution < -0.4 is 5.73 Å². The molecular formula is C14H18ClN5O4S. The fourth-order valence-electron chi connectivity index (χ4n) is 2.38. The Hall–Kier alpha value is -1.75. The molecule has 3 rings (SSSR count). The Bertz CT molecular complexity index is 870. The molecule has 1 aliphatic heterocycles. The van der Waals surface area contributed by atoms with Crippen molar-refractivity contribution in [3.63, 3.8) is 0 Å². The molecule has 0 amide bonds. The minimum Gasteiger partial charge on any atom is -0.422 e. The maximum absolute atomic E-state index is 12.9. The monoisotopic (exact) mass is 387 g/mol. The van der Waals surface area contributed by atoms with Crippen LogP contribution in [0.2, 0.25) is 5.02 Å². The van der Waals surface area contributed by atoms with Crippen molar-refractivity contribution in [3.05, 3.63) is 29.1 Å². The zero-order chi connectivity index (χ0) is 18.2. The van der Waals surface area contributed by atoms with Crippen molar-refractivity contribution in [1.82, 2.24) is 19.5 Å². The van der Waals surface area contributed by atoms with Gasteiger partial charge in [0.2, 0.25) is 21.8 Å². The summed E-state index contributed by atoms with van der Waals surface area (Å²) >= 11 is 5.86. The number of aromatic nitrogens is 3. The van der Waals surface area contributed by atoms with E-state index in [1.807, 2.05) is 13.8 Å². The highest BCUT2D eigenvalue weighted by molar-refractivity contribution is 7.89. The lowest BCUT2D eigenvalue weighted by molar-refractivity contribution is -0.0179. The number of anilines is 1. The molecule has 11 heteroatoms. The molecule has 2 aromatic heterocycles. The molecule has 0 aliphatic carbocycles. The minimum atomic E-state index is -3.87. The van der Waals surface area contributed by atoms with Gasteiger partial charge in [0, 0.05) is 25.2 Å². The summed E-state index contributed by atoms with van der Waals surface area (Å²) in [5.74, 6) is 0.692. The fourth-order valence-corrected chi connectivity index (χ4v) is 4.12. The van der Waals surface area contributed by atoms with Gasteiger partial charge in [0.1, 0.15) is 16.8 Å². The first-order chi connectivity index (χ1) is 11.8. The number of rotatable bonds is 4. The first-order valence-electron chi connectivity index (χ1n) is 7.65. The lowest BCUT2D eigenvalue weighted by atomic mass is 10.2. The fraction of sp³-hybridized carbons (Fsp3) is 0.500. The summed E-state index contributed by atoms with van der Waals surface area (Å²) < 4.78 is 38.2. The van der Waals surface area contributed by atoms with Gasteiger partial charge >= 0.3 is 0 Å². The molecule has 1 atom stereocenters. The van der Waals surface area contributed by atoms with Crippen LogP contribution in [0, 0.1) is 0 Å². The zero-order valence-corrected chi connectivity index (χ0v) is 15.3. The molecule has 0 spiro atoms. The molecule has 0 radical (unpaired) electrons. The van der Waals surface area contributed by atoms with Gasteiger partial charge in [-0.25, -0.2) is 13.4 Å². The quantitative estimate of drug-likeness (QED) is 0.838. The number of hydrogen-bond acceptors (Lipinski definition) is 8. The molecule has 2 N–H and O–H groups in total. The highest BCUT2D eigenvalue weighted by atomic mass is 35.5. The van der Waals surface area contributed by atoms with E-state index >= 15 is 0 Å². The van der Waals surface area contributed by atoms with E-state index in [-0.39, 0.29) is 47.2 Å². The number of morpholine rings is 1. The standard InChI is InChI=1S/C14H18ClN5O4S/c1-8(2)13-18-19-14(24-13)10-7-20(3-4-23-10)25(21,22)11-5-9(15)6-17-12(11)16/h5-6,8,10H,3-4,7H2,1-2H3,(H2,16,17). The third-order valence-electron chi connectivity index (χ3n) is 3.72. The summed E-state index contributed by atoms with van der Waals surface area (Å²) in [5, 5.41) is 8.10. The minimum absolute atomic E-state index is 0.0357. The molecule has 2 aromatic rings. The van der Waals surface area contributed by atoms with Crippen molar-refractivity contribution in [1.29, 1.82) is 0 Å². The van der Waals surface area contributed by atoms with Crippen molar-refractivity contribution >= 4 is 27.4 Å². The number of nitrogen functional groups attached to an aromatic ring is 1. The lowest BCUT2D eigenvalue weighted by Gasteiger charge is -2.30. The number of pyridine rings is 1. The van der Waals surface area contributed by atoms with Crippen molar-refractivity contribution in [2.24, 2.45) is 0 Å². The van der Waals surface area contributed by atoms with Crippen LogP contribution in [0.15, 0.2) is 21.6 Å². The Balaban J connectivity index is 1.86. The second-order valence-electron chi connectivity index (χ2n) is 5.89. The smallest absolute Gasteiger partial charge is 0.246 e. The third kappa shape index (κ3) is 3.61. The van der Waals surface area contributed by atoms with Crippen LogP contribution in [0.3, 0.4) is 0 Å². The van der Waals surface area contributed by atoms with Gasteiger partial charge in [-0.1, -0.05) is 25.4 Å². The second kappa shape index (κ2) is 6.87. The van der Waals surface area contributed by atoms with Crippen LogP contribution in [0.25, 0.3) is 0 Å². The van der Waals surface area contributed by atoms with E-state index in [1.54, 1.807) is 0 Å². The van der Waals surface area contributed by atoms with E-state index in [9.17, 15) is 8.42 Å². The number of nitrogens with zero attached hydrogens (tertiary/aromatic N) is 4. The SMILES string of the molecule is CC(C)c1nnc(C2CN(S(=O)(=O)c3cc(Cl)cnc3N)CCO2)o1. The van der Waals surface area contributed by atoms with E-state index in [2.05, 4.69) is 15.2 Å². The molecule has 1 saturated heterocycles. The molecule has 9 nitrogen and oxygen atoms in total. The average molecular weight is 388 g/mol. The maximum Gasteiger partial charge on any atom is 0.246 e. The Labute approximate surface area is 150 Å². The molecular weight excluding hydrogens is 370 g/mol. The van der Waals surface area contributed by atoms with Gasteiger partial charge < -0.3 is 14.9 Å². The Morgan fingerprint density at radius 3 is 2.84 bits per heavy atom. The van der Waals surface area contributed by atoms with E-state index in [0.29, 0.717) is 5.89 Å². The van der Waals surface area contributed by atoms with Gasteiger partial charge in [-0.05, 0) is 6.07 Å². The molecule has 0 saturated carbocycles. The summed E-state index contributed by atoms with van der Waals surface area (Å²) in [5.41, 5.74) is 5.72. The molecule has 3 heterocycles. The predicted molar refractivity (Wildman–Crippen MR) is 89.5 cm³/mol. The molecule has 0 aromatic carbocycles. The average Bonchev–Trinajstić information content (AvgIpc) is 3.07. The summed E-state index contributed by atoms with van der Waals surface area (Å²) in [7, 11) is -3.87. The van der Waals surface area contributed by atoms with Crippen LogP contribution in [-0.2, 0) is 14.8 Å². The van der Waals surface area contributed by atoms with E-state index in [1.165, 1.54) is 16.6 Å². The van der Waals surface area contributed by atoms with Crippen molar-refractivity contribution in [2.45, 2.75) is 30.8 Å². The maximum atomic E-state index is 12.9. The van der Waals surface area contributed by atoms with Gasteiger partial charge in [-0.2, -0.15) is 4.31 Å². The van der Waals surface area contributed by atoms with Crippen LogP contribution in [0.4, 0.5) is 5.82 Å². The van der Waals surface area contributed by atoms with Gasteiger partial charge in [0.15, 0.2) is 0 Å². The highest BCUT2D eigenvalue weighted by Gasteiger charge is 2.35. The van der Waals surface area contributed by atoms with Gasteiger partial charge in [0.25, 0.3) is 0 Å². The summed E-state index contributed by atoms with van der Waals surface area (Å²) in [6.45, 7) is 4.25. The van der Waals surface area contributed by atoms with Crippen molar-refractivity contribution in [2.75, 3.05) is 25.4 Å². The Kier molecular flexibility index (Phi) is 4.96. The molecule has 1 unspecified atom stereocenters. The zero-order valence-electron chi connectivity index (χ0n) is 13.7. The summed E-state index contributed by atoms with van der Waals surface area (Å²) in [4.78, 5) is 3.68. The van der Waals surface area contributed by atoms with E-state index < -0.39 is 16.1 Å². The van der Waals surface area contributed by atoms with Crippen LogP contribution in [0.1, 0.15) is 37.7 Å². The lowest BCUT2D eigenvalue weighted by Crippen LogP contribution is -2.42. The van der Waals surface area contributed by atoms with Crippen LogP contribution in [-0.4, -0.2) is 47.6 Å². The molecule has 136 valence electrons. The largest absolute Gasteiger partial charge is 0.422 e. The number of nitrogens with two attached hydrogens (primary N) is 1. The third-order valence-corrected chi connectivity index (χ3v) is 5.82. The number of sulfonamides is 1. The highest BCUT2D eigenvalue weighted by Crippen LogP contribution is 2.29. The molecule has 1 fully saturated rings. The van der Waals surface area contributed by atoms with Gasteiger partial charge in [-0.3, -0.25) is 0 Å². The normalized spacial score (nSPS) is 19.4. The first kappa shape index (κ1) is 18.1. The summed E-state index contributed by atoms with van der Waals surface area (Å²) in [6.07, 6.45) is 0.654. The topological polar surface area (TPSA) is 124 Å². The second-order valence-corrected chi connectivity index (χ2v) is 8.24. The predicted octanol–water partition coefficient (Wildman–Crippen LogP) is 1.59. The molecule has 25 heavy (non-hydrogen) atoms. The van der Waals surface area contributed by atoms with Crippen molar-refractivity contribution < 1.29 is 17.6 Å². The van der Waals surface area contributed by atoms with E-state index in [0.717, 1.165) is 0 Å². The van der Waals surface area contributed by atoms with E-state index in [4.69, 9.17) is 26.5 Å². The van der Waals surface area contributed by atoms with Gasteiger partial charge in [-0.15, -0.1) is 10.2 Å². The van der Waals surface area contributed by atoms with Crippen LogP contribution >= 0.6 is 11.6 Å². The Morgan fingerprint density at radius 1 is 1.40 bits per heavy atom. The number of ether oxygens (including phenoxy) is 1. The number of hydrogen-bond donors (Lipinski definition) is 1. The molecule has 1 aliphatic rings. The first-order valence-corrected chi connectivity index (χ1v) is 9.47. The van der Waals surface area contributed by atoms with Crippen molar-refractivity contribution in [3.8, 4) is 0 Å². The summed E-state index contributed by atoms with van der Waals surface area (Å²) in [6, 6.07) is 1.28. The molecule has 0 bridgehead atoms.